The Morgan fingerprint density at radius 3 is 2.80 bits per heavy atom. The van der Waals surface area contributed by atoms with Gasteiger partial charge in [-0.1, -0.05) is 30.3 Å². The highest BCUT2D eigenvalue weighted by atomic mass is 16.1. The zero-order valence-corrected chi connectivity index (χ0v) is 13.8. The van der Waals surface area contributed by atoms with Gasteiger partial charge >= 0.3 is 0 Å². The van der Waals surface area contributed by atoms with E-state index in [4.69, 9.17) is 5.73 Å². The van der Waals surface area contributed by atoms with Gasteiger partial charge in [0.25, 0.3) is 0 Å². The van der Waals surface area contributed by atoms with E-state index in [0.29, 0.717) is 23.6 Å². The Kier molecular flexibility index (Phi) is 4.03. The molecule has 0 aliphatic carbocycles. The topological polar surface area (TPSA) is 85.8 Å². The van der Waals surface area contributed by atoms with Gasteiger partial charge in [-0.25, -0.2) is 4.98 Å². The normalized spacial score (nSPS) is 13.4. The lowest BCUT2D eigenvalue weighted by molar-refractivity contribution is 0.0987. The number of hydrogen-bond donors (Lipinski definition) is 2. The fourth-order valence-electron chi connectivity index (χ4n) is 2.99. The van der Waals surface area contributed by atoms with Gasteiger partial charge < -0.3 is 15.6 Å². The summed E-state index contributed by atoms with van der Waals surface area (Å²) in [6, 6.07) is 13.5. The van der Waals surface area contributed by atoms with E-state index in [1.807, 2.05) is 47.2 Å². The Balaban J connectivity index is 1.59. The van der Waals surface area contributed by atoms with Crippen molar-refractivity contribution in [2.24, 2.45) is 0 Å². The number of nitrogens with zero attached hydrogens (tertiary/aromatic N) is 3. The molecule has 0 unspecified atom stereocenters. The average Bonchev–Trinajstić information content (AvgIpc) is 3.08. The molecule has 1 aromatic carbocycles. The third-order valence-corrected chi connectivity index (χ3v) is 4.36. The van der Waals surface area contributed by atoms with Crippen molar-refractivity contribution in [3.63, 3.8) is 0 Å². The number of Topliss-reactive ketones (excluding diaryl/α,β-unsaturated/α-hetero) is 1. The third-order valence-electron chi connectivity index (χ3n) is 4.36. The molecule has 3 heterocycles. The van der Waals surface area contributed by atoms with Crippen molar-refractivity contribution in [1.82, 2.24) is 19.9 Å². The Labute approximate surface area is 145 Å². The first-order valence-electron chi connectivity index (χ1n) is 8.31. The van der Waals surface area contributed by atoms with Crippen molar-refractivity contribution in [2.75, 3.05) is 12.3 Å². The summed E-state index contributed by atoms with van der Waals surface area (Å²) in [6.07, 6.45) is 1.98. The lowest BCUT2D eigenvalue weighted by Gasteiger charge is -2.13. The molecular weight excluding hydrogens is 314 g/mol. The fraction of sp³-hybridized carbons (Fsp3) is 0.211. The molecule has 2 aromatic heterocycles. The number of imidazole rings is 1. The van der Waals surface area contributed by atoms with Crippen LogP contribution in [0.4, 0.5) is 5.69 Å². The van der Waals surface area contributed by atoms with Gasteiger partial charge in [0.2, 0.25) is 0 Å². The number of rotatable bonds is 4. The Bertz CT molecular complexity index is 893. The zero-order chi connectivity index (χ0) is 17.2. The van der Waals surface area contributed by atoms with Crippen molar-refractivity contribution in [3.05, 3.63) is 65.9 Å². The van der Waals surface area contributed by atoms with Crippen LogP contribution in [0.15, 0.2) is 48.7 Å². The molecule has 0 radical (unpaired) electrons. The van der Waals surface area contributed by atoms with Crippen LogP contribution in [-0.4, -0.2) is 26.9 Å². The molecule has 6 heteroatoms. The van der Waals surface area contributed by atoms with Crippen LogP contribution >= 0.6 is 0 Å². The fourth-order valence-corrected chi connectivity index (χ4v) is 2.99. The van der Waals surface area contributed by atoms with E-state index in [9.17, 15) is 4.79 Å². The number of carbonyl (C=O) groups is 1. The highest BCUT2D eigenvalue weighted by Gasteiger charge is 2.18. The van der Waals surface area contributed by atoms with Crippen LogP contribution in [0.1, 0.15) is 22.0 Å². The number of anilines is 1. The quantitative estimate of drug-likeness (QED) is 0.714. The molecule has 0 spiro atoms. The molecule has 1 aliphatic heterocycles. The molecule has 0 atom stereocenters. The SMILES string of the molecule is Nc1ccc(-c2ccccc2)nc1CC(=O)c1cn2c(n1)CNCC2. The minimum atomic E-state index is -0.0636. The summed E-state index contributed by atoms with van der Waals surface area (Å²) in [5.74, 6) is 0.833. The van der Waals surface area contributed by atoms with E-state index < -0.39 is 0 Å². The summed E-state index contributed by atoms with van der Waals surface area (Å²) in [5, 5.41) is 3.25. The Hall–Kier alpha value is -2.99. The Morgan fingerprint density at radius 1 is 1.16 bits per heavy atom. The highest BCUT2D eigenvalue weighted by Crippen LogP contribution is 2.21. The second-order valence-corrected chi connectivity index (χ2v) is 6.11. The predicted octanol–water partition coefficient (Wildman–Crippen LogP) is 2.06. The maximum Gasteiger partial charge on any atom is 0.188 e. The third kappa shape index (κ3) is 3.16. The highest BCUT2D eigenvalue weighted by molar-refractivity contribution is 5.96. The van der Waals surface area contributed by atoms with Gasteiger partial charge in [-0.2, -0.15) is 0 Å². The maximum atomic E-state index is 12.6. The van der Waals surface area contributed by atoms with E-state index in [1.165, 1.54) is 0 Å². The molecule has 0 amide bonds. The first-order chi connectivity index (χ1) is 12.2. The average molecular weight is 333 g/mol. The zero-order valence-electron chi connectivity index (χ0n) is 13.8. The molecule has 25 heavy (non-hydrogen) atoms. The summed E-state index contributed by atoms with van der Waals surface area (Å²) in [6.45, 7) is 2.42. The number of benzene rings is 1. The number of fused-ring (bicyclic) bond motifs is 1. The minimum absolute atomic E-state index is 0.0636. The van der Waals surface area contributed by atoms with Crippen LogP contribution in [-0.2, 0) is 19.5 Å². The largest absolute Gasteiger partial charge is 0.397 e. The van der Waals surface area contributed by atoms with Gasteiger partial charge in [0, 0.05) is 24.8 Å². The van der Waals surface area contributed by atoms with Crippen molar-refractivity contribution in [2.45, 2.75) is 19.5 Å². The number of aromatic nitrogens is 3. The smallest absolute Gasteiger partial charge is 0.188 e. The monoisotopic (exact) mass is 333 g/mol. The minimum Gasteiger partial charge on any atom is -0.397 e. The lowest BCUT2D eigenvalue weighted by atomic mass is 10.1. The molecule has 0 saturated carbocycles. The molecule has 4 rings (SSSR count). The summed E-state index contributed by atoms with van der Waals surface area (Å²) in [4.78, 5) is 21.7. The van der Waals surface area contributed by atoms with Gasteiger partial charge in [0.1, 0.15) is 11.5 Å². The lowest BCUT2D eigenvalue weighted by Crippen LogP contribution is -2.27. The molecule has 126 valence electrons. The summed E-state index contributed by atoms with van der Waals surface area (Å²) < 4.78 is 2.03. The van der Waals surface area contributed by atoms with E-state index in [2.05, 4.69) is 15.3 Å². The Morgan fingerprint density at radius 2 is 2.00 bits per heavy atom. The first-order valence-corrected chi connectivity index (χ1v) is 8.31. The van der Waals surface area contributed by atoms with E-state index >= 15 is 0 Å². The van der Waals surface area contributed by atoms with Gasteiger partial charge in [0.15, 0.2) is 5.78 Å². The van der Waals surface area contributed by atoms with Crippen LogP contribution in [0.2, 0.25) is 0 Å². The van der Waals surface area contributed by atoms with Crippen molar-refractivity contribution >= 4 is 11.5 Å². The summed E-state index contributed by atoms with van der Waals surface area (Å²) in [5.41, 5.74) is 9.45. The van der Waals surface area contributed by atoms with Crippen LogP contribution < -0.4 is 11.1 Å². The molecule has 6 nitrogen and oxygen atoms in total. The van der Waals surface area contributed by atoms with Crippen LogP contribution in [0.5, 0.6) is 0 Å². The van der Waals surface area contributed by atoms with Crippen LogP contribution in [0, 0.1) is 0 Å². The van der Waals surface area contributed by atoms with E-state index in [-0.39, 0.29) is 12.2 Å². The second kappa shape index (κ2) is 6.49. The predicted molar refractivity (Wildman–Crippen MR) is 96.1 cm³/mol. The van der Waals surface area contributed by atoms with E-state index in [0.717, 1.165) is 30.2 Å². The molecule has 0 bridgehead atoms. The maximum absolute atomic E-state index is 12.6. The van der Waals surface area contributed by atoms with Gasteiger partial charge in [-0.05, 0) is 12.1 Å². The number of carbonyl (C=O) groups excluding carboxylic acids is 1. The van der Waals surface area contributed by atoms with Crippen LogP contribution in [0.25, 0.3) is 11.3 Å². The standard InChI is InChI=1S/C19H19N5O/c20-14-6-7-15(13-4-2-1-3-5-13)22-16(14)10-18(25)17-12-24-9-8-21-11-19(24)23-17/h1-7,12,21H,8-11,20H2. The summed E-state index contributed by atoms with van der Waals surface area (Å²) in [7, 11) is 0. The number of pyridine rings is 1. The number of nitrogen functional groups attached to an aromatic ring is 1. The molecule has 0 fully saturated rings. The number of hydrogen-bond acceptors (Lipinski definition) is 5. The molecule has 3 aromatic rings. The molecule has 0 saturated heterocycles. The number of ketones is 1. The number of nitrogens with two attached hydrogens (primary N) is 1. The molecular formula is C19H19N5O. The van der Waals surface area contributed by atoms with Gasteiger partial charge in [0.05, 0.1) is 30.0 Å². The van der Waals surface area contributed by atoms with E-state index in [1.54, 1.807) is 6.07 Å². The second-order valence-electron chi connectivity index (χ2n) is 6.11. The van der Waals surface area contributed by atoms with Crippen molar-refractivity contribution < 1.29 is 4.79 Å². The first kappa shape index (κ1) is 15.5. The van der Waals surface area contributed by atoms with Gasteiger partial charge in [-0.15, -0.1) is 0 Å². The van der Waals surface area contributed by atoms with Crippen molar-refractivity contribution in [1.29, 1.82) is 0 Å². The molecule has 1 aliphatic rings. The summed E-state index contributed by atoms with van der Waals surface area (Å²) >= 11 is 0. The van der Waals surface area contributed by atoms with Crippen LogP contribution in [0.3, 0.4) is 0 Å². The van der Waals surface area contributed by atoms with Gasteiger partial charge in [-0.3, -0.25) is 9.78 Å². The van der Waals surface area contributed by atoms with Crippen molar-refractivity contribution in [3.8, 4) is 11.3 Å². The number of nitrogens with one attached hydrogen (secondary N) is 1. The molecule has 3 N–H and O–H groups in total.